The molecule has 7 heteroatoms. The zero-order valence-corrected chi connectivity index (χ0v) is 13.0. The van der Waals surface area contributed by atoms with Crippen LogP contribution < -0.4 is 5.43 Å². The van der Waals surface area contributed by atoms with E-state index in [9.17, 15) is 9.18 Å². The Hall–Kier alpha value is -3.61. The van der Waals surface area contributed by atoms with Crippen molar-refractivity contribution in [3.05, 3.63) is 89.4 Å². The van der Waals surface area contributed by atoms with Crippen molar-refractivity contribution in [1.82, 2.24) is 24.5 Å². The third-order valence-corrected chi connectivity index (χ3v) is 3.67. The Bertz CT molecular complexity index is 1090. The fourth-order valence-electron chi connectivity index (χ4n) is 2.52. The van der Waals surface area contributed by atoms with Gasteiger partial charge in [-0.2, -0.15) is 10.2 Å². The normalized spacial score (nSPS) is 10.8. The standard InChI is InChI=1S/C18H12FN5O/c19-13-2-1-3-15(12-13)24-16(6-10-21-24)18-17(25)7-11-23(22-18)14-4-8-20-9-5-14/h1-12H. The Morgan fingerprint density at radius 1 is 0.920 bits per heavy atom. The van der Waals surface area contributed by atoms with Crippen molar-refractivity contribution in [2.24, 2.45) is 0 Å². The number of halogens is 1. The number of aromatic nitrogens is 5. The number of benzene rings is 1. The molecule has 0 unspecified atom stereocenters. The first-order valence-electron chi connectivity index (χ1n) is 7.53. The molecule has 25 heavy (non-hydrogen) atoms. The highest BCUT2D eigenvalue weighted by atomic mass is 19.1. The summed E-state index contributed by atoms with van der Waals surface area (Å²) in [5.41, 5.74) is 1.75. The molecule has 0 N–H and O–H groups in total. The summed E-state index contributed by atoms with van der Waals surface area (Å²) in [5, 5.41) is 8.61. The number of hydrogen-bond acceptors (Lipinski definition) is 4. The number of nitrogens with zero attached hydrogens (tertiary/aromatic N) is 5. The van der Waals surface area contributed by atoms with Gasteiger partial charge < -0.3 is 0 Å². The van der Waals surface area contributed by atoms with Crippen molar-refractivity contribution >= 4 is 0 Å². The molecule has 4 rings (SSSR count). The summed E-state index contributed by atoms with van der Waals surface area (Å²) in [6.07, 6.45) is 6.42. The molecule has 0 saturated carbocycles. The fourth-order valence-corrected chi connectivity index (χ4v) is 2.52. The quantitative estimate of drug-likeness (QED) is 0.578. The van der Waals surface area contributed by atoms with Crippen LogP contribution in [-0.4, -0.2) is 24.5 Å². The van der Waals surface area contributed by atoms with Crippen LogP contribution in [0.2, 0.25) is 0 Å². The lowest BCUT2D eigenvalue weighted by atomic mass is 10.2. The topological polar surface area (TPSA) is 65.6 Å². The van der Waals surface area contributed by atoms with E-state index in [1.165, 1.54) is 22.9 Å². The zero-order valence-electron chi connectivity index (χ0n) is 13.0. The summed E-state index contributed by atoms with van der Waals surface area (Å²) in [7, 11) is 0. The molecule has 0 fully saturated rings. The van der Waals surface area contributed by atoms with Gasteiger partial charge in [0, 0.05) is 24.7 Å². The molecule has 3 heterocycles. The maximum Gasteiger partial charge on any atom is 0.209 e. The van der Waals surface area contributed by atoms with Crippen LogP contribution in [0.15, 0.2) is 78.1 Å². The Morgan fingerprint density at radius 2 is 1.76 bits per heavy atom. The van der Waals surface area contributed by atoms with E-state index in [2.05, 4.69) is 15.2 Å². The zero-order chi connectivity index (χ0) is 17.2. The third-order valence-electron chi connectivity index (χ3n) is 3.67. The van der Waals surface area contributed by atoms with Gasteiger partial charge in [0.15, 0.2) is 5.69 Å². The number of pyridine rings is 1. The predicted octanol–water partition coefficient (Wildman–Crippen LogP) is 2.62. The largest absolute Gasteiger partial charge is 0.287 e. The number of rotatable bonds is 3. The summed E-state index contributed by atoms with van der Waals surface area (Å²) >= 11 is 0. The molecule has 1 aromatic carbocycles. The van der Waals surface area contributed by atoms with Crippen LogP contribution >= 0.6 is 0 Å². The fraction of sp³-hybridized carbons (Fsp3) is 0. The van der Waals surface area contributed by atoms with E-state index in [1.54, 1.807) is 59.8 Å². The van der Waals surface area contributed by atoms with E-state index in [-0.39, 0.29) is 16.9 Å². The molecule has 0 aliphatic heterocycles. The molecule has 0 bridgehead atoms. The van der Waals surface area contributed by atoms with Gasteiger partial charge in [-0.05, 0) is 36.4 Å². The molecule has 0 amide bonds. The highest BCUT2D eigenvalue weighted by molar-refractivity contribution is 5.57. The van der Waals surface area contributed by atoms with Gasteiger partial charge in [0.1, 0.15) is 5.82 Å². The van der Waals surface area contributed by atoms with Crippen molar-refractivity contribution in [2.45, 2.75) is 0 Å². The second-order valence-electron chi connectivity index (χ2n) is 5.29. The van der Waals surface area contributed by atoms with Crippen molar-refractivity contribution in [3.8, 4) is 22.8 Å². The van der Waals surface area contributed by atoms with E-state index in [0.717, 1.165) is 5.69 Å². The molecule has 0 saturated heterocycles. The molecule has 0 atom stereocenters. The first kappa shape index (κ1) is 14.9. The lowest BCUT2D eigenvalue weighted by Gasteiger charge is -2.09. The Labute approximate surface area is 141 Å². The van der Waals surface area contributed by atoms with Crippen LogP contribution in [0, 0.1) is 5.82 Å². The van der Waals surface area contributed by atoms with E-state index >= 15 is 0 Å². The summed E-state index contributed by atoms with van der Waals surface area (Å²) in [4.78, 5) is 16.3. The minimum atomic E-state index is -0.380. The molecular weight excluding hydrogens is 321 g/mol. The van der Waals surface area contributed by atoms with E-state index in [4.69, 9.17) is 0 Å². The monoisotopic (exact) mass is 333 g/mol. The van der Waals surface area contributed by atoms with Crippen LogP contribution in [0.1, 0.15) is 0 Å². The maximum atomic E-state index is 13.5. The second kappa shape index (κ2) is 6.12. The SMILES string of the molecule is O=c1ccn(-c2ccncc2)nc1-c1ccnn1-c1cccc(F)c1. The lowest BCUT2D eigenvalue weighted by molar-refractivity contribution is 0.625. The predicted molar refractivity (Wildman–Crippen MR) is 90.1 cm³/mol. The second-order valence-corrected chi connectivity index (χ2v) is 5.29. The van der Waals surface area contributed by atoms with Crippen LogP contribution in [-0.2, 0) is 0 Å². The molecule has 3 aromatic heterocycles. The molecule has 0 aliphatic rings. The molecule has 6 nitrogen and oxygen atoms in total. The third kappa shape index (κ3) is 2.83. The lowest BCUT2D eigenvalue weighted by Crippen LogP contribution is -2.14. The van der Waals surface area contributed by atoms with Crippen molar-refractivity contribution in [3.63, 3.8) is 0 Å². The van der Waals surface area contributed by atoms with Crippen LogP contribution in [0.5, 0.6) is 0 Å². The van der Waals surface area contributed by atoms with Crippen molar-refractivity contribution in [1.29, 1.82) is 0 Å². The number of hydrogen-bond donors (Lipinski definition) is 0. The van der Waals surface area contributed by atoms with Crippen LogP contribution in [0.4, 0.5) is 4.39 Å². The highest BCUT2D eigenvalue weighted by Crippen LogP contribution is 2.19. The first-order chi connectivity index (χ1) is 12.2. The van der Waals surface area contributed by atoms with Gasteiger partial charge in [-0.25, -0.2) is 13.8 Å². The molecule has 0 aliphatic carbocycles. The van der Waals surface area contributed by atoms with E-state index < -0.39 is 0 Å². The Balaban J connectivity index is 1.87. The van der Waals surface area contributed by atoms with Gasteiger partial charge in [0.05, 0.1) is 23.3 Å². The minimum absolute atomic E-state index is 0.223. The van der Waals surface area contributed by atoms with Gasteiger partial charge in [0.2, 0.25) is 5.43 Å². The van der Waals surface area contributed by atoms with Gasteiger partial charge in [-0.15, -0.1) is 0 Å². The van der Waals surface area contributed by atoms with Crippen LogP contribution in [0.3, 0.4) is 0 Å². The van der Waals surface area contributed by atoms with Gasteiger partial charge in [-0.3, -0.25) is 9.78 Å². The molecule has 122 valence electrons. The highest BCUT2D eigenvalue weighted by Gasteiger charge is 2.14. The van der Waals surface area contributed by atoms with Crippen molar-refractivity contribution in [2.75, 3.05) is 0 Å². The smallest absolute Gasteiger partial charge is 0.209 e. The van der Waals surface area contributed by atoms with Gasteiger partial charge in [0.25, 0.3) is 0 Å². The minimum Gasteiger partial charge on any atom is -0.287 e. The molecule has 0 spiro atoms. The van der Waals surface area contributed by atoms with Crippen molar-refractivity contribution < 1.29 is 4.39 Å². The van der Waals surface area contributed by atoms with Gasteiger partial charge >= 0.3 is 0 Å². The summed E-state index contributed by atoms with van der Waals surface area (Å²) < 4.78 is 16.6. The Kier molecular flexibility index (Phi) is 3.66. The first-order valence-corrected chi connectivity index (χ1v) is 7.53. The molecular formula is C18H12FN5O. The van der Waals surface area contributed by atoms with E-state index in [1.807, 2.05) is 0 Å². The van der Waals surface area contributed by atoms with Crippen LogP contribution in [0.25, 0.3) is 22.8 Å². The maximum absolute atomic E-state index is 13.5. The summed E-state index contributed by atoms with van der Waals surface area (Å²) in [6, 6.07) is 12.7. The molecule has 4 aromatic rings. The average Bonchev–Trinajstić information content (AvgIpc) is 3.12. The summed E-state index contributed by atoms with van der Waals surface area (Å²) in [6.45, 7) is 0. The van der Waals surface area contributed by atoms with Gasteiger partial charge in [-0.1, -0.05) is 6.07 Å². The van der Waals surface area contributed by atoms with E-state index in [0.29, 0.717) is 11.4 Å². The Morgan fingerprint density at radius 3 is 2.56 bits per heavy atom. The summed E-state index contributed by atoms with van der Waals surface area (Å²) in [5.74, 6) is -0.380. The average molecular weight is 333 g/mol. The molecule has 0 radical (unpaired) electrons.